The molecule has 0 radical (unpaired) electrons. The Kier molecular flexibility index (Phi) is 4.03. The van der Waals surface area contributed by atoms with Gasteiger partial charge in [0.15, 0.2) is 11.2 Å². The van der Waals surface area contributed by atoms with E-state index in [1.54, 1.807) is 6.33 Å². The first kappa shape index (κ1) is 17.2. The van der Waals surface area contributed by atoms with Crippen molar-refractivity contribution < 1.29 is 14.7 Å². The Morgan fingerprint density at radius 2 is 2.29 bits per heavy atom. The number of rotatable bonds is 4. The summed E-state index contributed by atoms with van der Waals surface area (Å²) < 4.78 is 8.82. The third-order valence-corrected chi connectivity index (χ3v) is 5.72. The number of hydrogen-bond donors (Lipinski definition) is 1. The minimum Gasteiger partial charge on any atom is -0.410 e. The number of allylic oxidation sites excluding steroid dienone is 3. The van der Waals surface area contributed by atoms with Crippen LogP contribution in [0.5, 0.6) is 0 Å². The summed E-state index contributed by atoms with van der Waals surface area (Å²) in [6.07, 6.45) is 15.0. The smallest absolute Gasteiger partial charge is 0.211 e. The van der Waals surface area contributed by atoms with E-state index in [9.17, 15) is 5.11 Å². The van der Waals surface area contributed by atoms with Crippen molar-refractivity contribution in [3.05, 3.63) is 42.4 Å². The van der Waals surface area contributed by atoms with Crippen molar-refractivity contribution in [2.24, 2.45) is 10.9 Å². The highest BCUT2D eigenvalue weighted by Crippen LogP contribution is 2.48. The van der Waals surface area contributed by atoms with Crippen molar-refractivity contribution in [1.82, 2.24) is 19.3 Å². The molecule has 1 N–H and O–H groups in total. The summed E-state index contributed by atoms with van der Waals surface area (Å²) in [5.41, 5.74) is 1.03. The standard InChI is InChI=1S/C19H20N6O3/c20-10-21-18-16-17(23-12-25(18)28-8-13-4-2-1-3-5-13)24(11-22-16)14-6-15(26)19(7-14)9-27-19/h1-4,11-15,26H,5-9H2/t13?,14-,15+,19+/m1/s1. The summed E-state index contributed by atoms with van der Waals surface area (Å²) >= 11 is 0. The van der Waals surface area contributed by atoms with Gasteiger partial charge < -0.3 is 19.2 Å². The molecule has 0 aromatic carbocycles. The van der Waals surface area contributed by atoms with E-state index < -0.39 is 11.7 Å². The van der Waals surface area contributed by atoms with Gasteiger partial charge in [-0.25, -0.2) is 9.97 Å². The van der Waals surface area contributed by atoms with E-state index in [1.165, 1.54) is 11.1 Å². The Hall–Kier alpha value is -2.96. The third kappa shape index (κ3) is 2.82. The van der Waals surface area contributed by atoms with Gasteiger partial charge in [-0.3, -0.25) is 0 Å². The van der Waals surface area contributed by atoms with Crippen molar-refractivity contribution in [3.63, 3.8) is 0 Å². The van der Waals surface area contributed by atoms with E-state index in [-0.39, 0.29) is 12.0 Å². The van der Waals surface area contributed by atoms with Crippen LogP contribution >= 0.6 is 0 Å². The highest BCUT2D eigenvalue weighted by atomic mass is 16.7. The van der Waals surface area contributed by atoms with Crippen molar-refractivity contribution in [3.8, 4) is 6.19 Å². The quantitative estimate of drug-likeness (QED) is 0.615. The number of aromatic nitrogens is 4. The zero-order valence-corrected chi connectivity index (χ0v) is 15.2. The van der Waals surface area contributed by atoms with Crippen LogP contribution in [0.1, 0.15) is 25.3 Å². The lowest BCUT2D eigenvalue weighted by Gasteiger charge is -2.16. The van der Waals surface area contributed by atoms with Crippen molar-refractivity contribution in [1.29, 1.82) is 5.26 Å². The van der Waals surface area contributed by atoms with Crippen LogP contribution in [0.25, 0.3) is 11.2 Å². The van der Waals surface area contributed by atoms with Crippen LogP contribution in [0.15, 0.2) is 42.0 Å². The molecule has 28 heavy (non-hydrogen) atoms. The molecular weight excluding hydrogens is 360 g/mol. The summed E-state index contributed by atoms with van der Waals surface area (Å²) in [4.78, 5) is 18.7. The fourth-order valence-corrected chi connectivity index (χ4v) is 4.05. The van der Waals surface area contributed by atoms with Gasteiger partial charge in [-0.2, -0.15) is 9.99 Å². The van der Waals surface area contributed by atoms with Crippen LogP contribution in [0, 0.1) is 17.4 Å². The molecule has 2 aliphatic carbocycles. The molecule has 1 aliphatic heterocycles. The molecule has 0 amide bonds. The van der Waals surface area contributed by atoms with E-state index in [0.717, 1.165) is 12.8 Å². The number of nitriles is 1. The molecule has 1 saturated heterocycles. The second-order valence-electron chi connectivity index (χ2n) is 7.50. The predicted molar refractivity (Wildman–Crippen MR) is 97.5 cm³/mol. The molecule has 3 aliphatic rings. The van der Waals surface area contributed by atoms with Crippen molar-refractivity contribution in [2.75, 3.05) is 13.2 Å². The van der Waals surface area contributed by atoms with E-state index in [0.29, 0.717) is 36.3 Å². The van der Waals surface area contributed by atoms with Gasteiger partial charge in [0, 0.05) is 18.4 Å². The molecule has 144 valence electrons. The minimum absolute atomic E-state index is 0.0425. The van der Waals surface area contributed by atoms with Crippen LogP contribution in [-0.4, -0.2) is 49.3 Å². The molecular formula is C19H20N6O3. The lowest BCUT2D eigenvalue weighted by molar-refractivity contribution is 0.0811. The van der Waals surface area contributed by atoms with Gasteiger partial charge in [0.1, 0.15) is 18.5 Å². The summed E-state index contributed by atoms with van der Waals surface area (Å²) in [6.45, 7) is 1.04. The molecule has 9 nitrogen and oxygen atoms in total. The lowest BCUT2D eigenvalue weighted by atomic mass is 10.0. The molecule has 2 fully saturated rings. The number of fused-ring (bicyclic) bond motifs is 1. The van der Waals surface area contributed by atoms with Gasteiger partial charge >= 0.3 is 0 Å². The number of nitrogens with zero attached hydrogens (tertiary/aromatic N) is 6. The molecule has 2 aromatic rings. The maximum absolute atomic E-state index is 10.3. The molecule has 1 spiro atoms. The average molecular weight is 380 g/mol. The maximum Gasteiger partial charge on any atom is 0.211 e. The number of aliphatic hydroxyl groups excluding tert-OH is 1. The highest BCUT2D eigenvalue weighted by molar-refractivity contribution is 5.69. The second kappa shape index (κ2) is 6.58. The Labute approximate surface area is 160 Å². The largest absolute Gasteiger partial charge is 0.410 e. The maximum atomic E-state index is 10.3. The molecule has 4 atom stereocenters. The highest BCUT2D eigenvalue weighted by Gasteiger charge is 2.57. The SMILES string of the molecule is N#CN=c1c2ncn([C@@H]3C[C@H](O)[C@@]4(CO4)C3)c2ncn1OCC1C=CC=CC1. The van der Waals surface area contributed by atoms with Gasteiger partial charge in [0.2, 0.25) is 11.7 Å². The number of ether oxygens (including phenoxy) is 1. The summed E-state index contributed by atoms with van der Waals surface area (Å²) in [7, 11) is 0. The number of epoxide rings is 1. The first-order valence-electron chi connectivity index (χ1n) is 9.36. The fraction of sp³-hybridized carbons (Fsp3) is 0.474. The first-order chi connectivity index (χ1) is 13.7. The zero-order chi connectivity index (χ0) is 19.1. The lowest BCUT2D eigenvalue weighted by Crippen LogP contribution is -2.31. The number of hydrogen-bond acceptors (Lipinski definition) is 7. The molecule has 5 rings (SSSR count). The average Bonchev–Trinajstić information content (AvgIpc) is 3.25. The van der Waals surface area contributed by atoms with E-state index in [1.807, 2.05) is 22.9 Å². The predicted octanol–water partition coefficient (Wildman–Crippen LogP) is 0.640. The van der Waals surface area contributed by atoms with Gasteiger partial charge in [0.25, 0.3) is 0 Å². The third-order valence-electron chi connectivity index (χ3n) is 5.72. The molecule has 1 saturated carbocycles. The second-order valence-corrected chi connectivity index (χ2v) is 7.50. The zero-order valence-electron chi connectivity index (χ0n) is 15.2. The van der Waals surface area contributed by atoms with Gasteiger partial charge in [0.05, 0.1) is 19.0 Å². The minimum atomic E-state index is -0.479. The van der Waals surface area contributed by atoms with E-state index in [4.69, 9.17) is 14.8 Å². The van der Waals surface area contributed by atoms with Gasteiger partial charge in [-0.05, 0) is 12.8 Å². The Morgan fingerprint density at radius 1 is 1.39 bits per heavy atom. The molecule has 0 bridgehead atoms. The first-order valence-corrected chi connectivity index (χ1v) is 9.36. The van der Waals surface area contributed by atoms with Crippen LogP contribution in [0.2, 0.25) is 0 Å². The van der Waals surface area contributed by atoms with Crippen LogP contribution in [0.3, 0.4) is 0 Å². The van der Waals surface area contributed by atoms with Gasteiger partial charge in [-0.1, -0.05) is 24.3 Å². The summed E-state index contributed by atoms with van der Waals surface area (Å²) in [6, 6.07) is 0.0425. The molecule has 1 unspecified atom stereocenters. The monoisotopic (exact) mass is 380 g/mol. The fourth-order valence-electron chi connectivity index (χ4n) is 4.05. The van der Waals surface area contributed by atoms with E-state index >= 15 is 0 Å². The summed E-state index contributed by atoms with van der Waals surface area (Å²) in [5.74, 6) is 0.260. The normalized spacial score (nSPS) is 31.6. The Bertz CT molecular complexity index is 1070. The Balaban J connectivity index is 1.46. The number of aliphatic hydroxyl groups is 1. The van der Waals surface area contributed by atoms with Gasteiger partial charge in [-0.15, -0.1) is 4.99 Å². The molecule has 3 heterocycles. The van der Waals surface area contributed by atoms with Crippen molar-refractivity contribution in [2.45, 2.75) is 37.0 Å². The van der Waals surface area contributed by atoms with Crippen LogP contribution < -0.4 is 10.3 Å². The van der Waals surface area contributed by atoms with Crippen molar-refractivity contribution >= 4 is 11.2 Å². The van der Waals surface area contributed by atoms with Crippen LogP contribution in [0.4, 0.5) is 0 Å². The summed E-state index contributed by atoms with van der Waals surface area (Å²) in [5, 5.41) is 19.4. The molecule has 2 aromatic heterocycles. The van der Waals surface area contributed by atoms with E-state index in [2.05, 4.69) is 27.1 Å². The number of imidazole rings is 1. The van der Waals surface area contributed by atoms with Crippen LogP contribution in [-0.2, 0) is 4.74 Å². The molecule has 9 heteroatoms. The topological polar surface area (TPSA) is 114 Å². The Morgan fingerprint density at radius 3 is 3.00 bits per heavy atom.